The molecule has 1 N–H and O–H groups in total. The number of rotatable bonds is 5. The molecule has 1 atom stereocenters. The Labute approximate surface area is 169 Å². The summed E-state index contributed by atoms with van der Waals surface area (Å²) < 4.78 is 10.1. The molecule has 7 nitrogen and oxygen atoms in total. The van der Waals surface area contributed by atoms with Crippen LogP contribution in [-0.4, -0.2) is 38.5 Å². The topological polar surface area (TPSA) is 84.9 Å². The fourth-order valence-electron chi connectivity index (χ4n) is 3.36. The van der Waals surface area contributed by atoms with Gasteiger partial charge in [0.1, 0.15) is 5.75 Å². The van der Waals surface area contributed by atoms with Crippen LogP contribution in [0.3, 0.4) is 0 Å². The predicted molar refractivity (Wildman–Crippen MR) is 109 cm³/mol. The summed E-state index contributed by atoms with van der Waals surface area (Å²) in [7, 11) is 2.86. The summed E-state index contributed by atoms with van der Waals surface area (Å²) in [5.74, 6) is -0.790. The molecule has 29 heavy (non-hydrogen) atoms. The van der Waals surface area contributed by atoms with Crippen molar-refractivity contribution in [3.63, 3.8) is 0 Å². The number of hydrogen-bond acceptors (Lipinski definition) is 5. The second kappa shape index (κ2) is 8.34. The van der Waals surface area contributed by atoms with Crippen LogP contribution in [0.4, 0.5) is 11.4 Å². The second-order valence-corrected chi connectivity index (χ2v) is 7.09. The van der Waals surface area contributed by atoms with Crippen LogP contribution in [0.1, 0.15) is 27.9 Å². The van der Waals surface area contributed by atoms with Crippen LogP contribution in [0.5, 0.6) is 5.75 Å². The molecule has 7 heteroatoms. The molecule has 0 aliphatic carbocycles. The van der Waals surface area contributed by atoms with Crippen molar-refractivity contribution in [2.75, 3.05) is 31.0 Å². The lowest BCUT2D eigenvalue weighted by molar-refractivity contribution is -0.122. The molecule has 0 saturated carbocycles. The monoisotopic (exact) mass is 396 g/mol. The molecule has 3 rings (SSSR count). The van der Waals surface area contributed by atoms with E-state index in [1.165, 1.54) is 7.11 Å². The van der Waals surface area contributed by atoms with Crippen LogP contribution < -0.4 is 15.0 Å². The molecule has 2 aromatic carbocycles. The average Bonchev–Trinajstić information content (AvgIpc) is 3.10. The van der Waals surface area contributed by atoms with E-state index < -0.39 is 11.9 Å². The third-order valence-electron chi connectivity index (χ3n) is 5.04. The fourth-order valence-corrected chi connectivity index (χ4v) is 3.36. The Morgan fingerprint density at radius 2 is 1.86 bits per heavy atom. The van der Waals surface area contributed by atoms with Gasteiger partial charge < -0.3 is 19.7 Å². The summed E-state index contributed by atoms with van der Waals surface area (Å²) in [5.41, 5.74) is 3.35. The number of hydrogen-bond donors (Lipinski definition) is 1. The van der Waals surface area contributed by atoms with Crippen molar-refractivity contribution in [1.82, 2.24) is 0 Å². The summed E-state index contributed by atoms with van der Waals surface area (Å²) in [6, 6.07) is 10.6. The quantitative estimate of drug-likeness (QED) is 0.785. The van der Waals surface area contributed by atoms with Crippen molar-refractivity contribution in [3.8, 4) is 5.75 Å². The van der Waals surface area contributed by atoms with Gasteiger partial charge in [-0.1, -0.05) is 12.1 Å². The molecule has 1 saturated heterocycles. The zero-order valence-electron chi connectivity index (χ0n) is 16.9. The molecule has 1 aliphatic rings. The van der Waals surface area contributed by atoms with Crippen molar-refractivity contribution < 1.29 is 23.9 Å². The van der Waals surface area contributed by atoms with Gasteiger partial charge in [0, 0.05) is 18.7 Å². The molecular weight excluding hydrogens is 372 g/mol. The first kappa shape index (κ1) is 20.4. The maximum absolute atomic E-state index is 12.8. The molecule has 1 aliphatic heterocycles. The standard InChI is InChI=1S/C22H24N2O5/c1-13-5-8-19(28-3)18(9-13)24-12-16(11-20(24)25)21(26)23-17-10-15(22(27)29-4)7-6-14(17)2/h5-10,16H,11-12H2,1-4H3,(H,23,26). The highest BCUT2D eigenvalue weighted by Crippen LogP contribution is 2.34. The average molecular weight is 396 g/mol. The predicted octanol–water partition coefficient (Wildman–Crippen LogP) is 3.09. The number of amides is 2. The van der Waals surface area contributed by atoms with Crippen LogP contribution in [0, 0.1) is 19.8 Å². The van der Waals surface area contributed by atoms with Crippen molar-refractivity contribution in [1.29, 1.82) is 0 Å². The maximum Gasteiger partial charge on any atom is 0.337 e. The lowest BCUT2D eigenvalue weighted by atomic mass is 10.1. The first-order chi connectivity index (χ1) is 13.8. The van der Waals surface area contributed by atoms with Gasteiger partial charge in [-0.2, -0.15) is 0 Å². The number of ether oxygens (including phenoxy) is 2. The van der Waals surface area contributed by atoms with Crippen LogP contribution in [0.2, 0.25) is 0 Å². The number of carbonyl (C=O) groups is 3. The number of aryl methyl sites for hydroxylation is 2. The number of nitrogens with zero attached hydrogens (tertiary/aromatic N) is 1. The zero-order valence-corrected chi connectivity index (χ0v) is 16.9. The molecule has 1 heterocycles. The van der Waals surface area contributed by atoms with Crippen LogP contribution in [0.25, 0.3) is 0 Å². The molecule has 0 radical (unpaired) electrons. The third kappa shape index (κ3) is 4.23. The van der Waals surface area contributed by atoms with Gasteiger partial charge in [0.2, 0.25) is 11.8 Å². The van der Waals surface area contributed by atoms with Crippen molar-refractivity contribution in [3.05, 3.63) is 53.1 Å². The summed E-state index contributed by atoms with van der Waals surface area (Å²) in [4.78, 5) is 38.8. The minimum atomic E-state index is -0.506. The van der Waals surface area contributed by atoms with Gasteiger partial charge in [-0.05, 0) is 49.2 Å². The van der Waals surface area contributed by atoms with Crippen molar-refractivity contribution in [2.24, 2.45) is 5.92 Å². The Morgan fingerprint density at radius 3 is 2.55 bits per heavy atom. The molecule has 2 amide bonds. The summed E-state index contributed by atoms with van der Waals surface area (Å²) in [5, 5.41) is 2.85. The maximum atomic E-state index is 12.8. The molecule has 0 bridgehead atoms. The summed E-state index contributed by atoms with van der Waals surface area (Å²) in [6.07, 6.45) is 0.110. The van der Waals surface area contributed by atoms with Gasteiger partial charge in [0.05, 0.1) is 31.4 Å². The van der Waals surface area contributed by atoms with Crippen LogP contribution in [-0.2, 0) is 14.3 Å². The first-order valence-electron chi connectivity index (χ1n) is 9.29. The Kier molecular flexibility index (Phi) is 5.87. The molecular formula is C22H24N2O5. The van der Waals surface area contributed by atoms with E-state index in [0.29, 0.717) is 22.7 Å². The second-order valence-electron chi connectivity index (χ2n) is 7.09. The van der Waals surface area contributed by atoms with Gasteiger partial charge in [0.15, 0.2) is 0 Å². The zero-order chi connectivity index (χ0) is 21.1. The van der Waals surface area contributed by atoms with E-state index in [0.717, 1.165) is 11.1 Å². The fraction of sp³-hybridized carbons (Fsp3) is 0.318. The molecule has 0 spiro atoms. The van der Waals surface area contributed by atoms with E-state index in [1.807, 2.05) is 32.0 Å². The summed E-state index contributed by atoms with van der Waals surface area (Å²) >= 11 is 0. The first-order valence-corrected chi connectivity index (χ1v) is 9.29. The SMILES string of the molecule is COC(=O)c1ccc(C)c(NC(=O)C2CC(=O)N(c3cc(C)ccc3OC)C2)c1. The van der Waals surface area contributed by atoms with Gasteiger partial charge in [-0.3, -0.25) is 9.59 Å². The summed E-state index contributed by atoms with van der Waals surface area (Å²) in [6.45, 7) is 4.03. The van der Waals surface area contributed by atoms with Crippen LogP contribution >= 0.6 is 0 Å². The van der Waals surface area contributed by atoms with E-state index in [9.17, 15) is 14.4 Å². The third-order valence-corrected chi connectivity index (χ3v) is 5.04. The number of anilines is 2. The Hall–Kier alpha value is -3.35. The number of esters is 1. The highest BCUT2D eigenvalue weighted by molar-refractivity contribution is 6.04. The van der Waals surface area contributed by atoms with Gasteiger partial charge in [-0.25, -0.2) is 4.79 Å². The minimum absolute atomic E-state index is 0.110. The number of methoxy groups -OCH3 is 2. The highest BCUT2D eigenvalue weighted by atomic mass is 16.5. The molecule has 1 unspecified atom stereocenters. The van der Waals surface area contributed by atoms with Gasteiger partial charge in [0.25, 0.3) is 0 Å². The van der Waals surface area contributed by atoms with Gasteiger partial charge >= 0.3 is 5.97 Å². The lowest BCUT2D eigenvalue weighted by Gasteiger charge is -2.20. The van der Waals surface area contributed by atoms with E-state index in [-0.39, 0.29) is 24.8 Å². The number of carbonyl (C=O) groups excluding carboxylic acids is 3. The van der Waals surface area contributed by atoms with Crippen molar-refractivity contribution in [2.45, 2.75) is 20.3 Å². The number of benzene rings is 2. The molecule has 0 aromatic heterocycles. The van der Waals surface area contributed by atoms with Gasteiger partial charge in [-0.15, -0.1) is 0 Å². The molecule has 152 valence electrons. The highest BCUT2D eigenvalue weighted by Gasteiger charge is 2.36. The van der Waals surface area contributed by atoms with E-state index in [2.05, 4.69) is 5.32 Å². The smallest absolute Gasteiger partial charge is 0.337 e. The van der Waals surface area contributed by atoms with E-state index >= 15 is 0 Å². The number of nitrogens with one attached hydrogen (secondary N) is 1. The molecule has 2 aromatic rings. The largest absolute Gasteiger partial charge is 0.495 e. The van der Waals surface area contributed by atoms with E-state index in [4.69, 9.17) is 9.47 Å². The van der Waals surface area contributed by atoms with Crippen molar-refractivity contribution >= 4 is 29.2 Å². The minimum Gasteiger partial charge on any atom is -0.495 e. The Balaban J connectivity index is 1.78. The Bertz CT molecular complexity index is 970. The Morgan fingerprint density at radius 1 is 1.10 bits per heavy atom. The molecule has 1 fully saturated rings. The lowest BCUT2D eigenvalue weighted by Crippen LogP contribution is -2.28. The van der Waals surface area contributed by atoms with E-state index in [1.54, 1.807) is 30.2 Å². The van der Waals surface area contributed by atoms with Crippen LogP contribution in [0.15, 0.2) is 36.4 Å². The normalized spacial score (nSPS) is 15.9.